The van der Waals surface area contributed by atoms with E-state index in [0.717, 1.165) is 16.9 Å². The number of hydrogen-bond acceptors (Lipinski definition) is 1. The third-order valence-corrected chi connectivity index (χ3v) is 3.77. The van der Waals surface area contributed by atoms with Gasteiger partial charge in [-0.2, -0.15) is 4.57 Å². The van der Waals surface area contributed by atoms with Gasteiger partial charge in [0.25, 0.3) is 5.65 Å². The number of rotatable bonds is 2. The highest BCUT2D eigenvalue weighted by atomic mass is 16.3. The van der Waals surface area contributed by atoms with E-state index in [1.165, 1.54) is 0 Å². The quantitative estimate of drug-likeness (QED) is 0.521. The monoisotopic (exact) mass is 286 g/mol. The van der Waals surface area contributed by atoms with Crippen molar-refractivity contribution in [2.24, 2.45) is 0 Å². The summed E-state index contributed by atoms with van der Waals surface area (Å²) in [4.78, 5) is 0. The van der Waals surface area contributed by atoms with Crippen LogP contribution in [0.3, 0.4) is 0 Å². The van der Waals surface area contributed by atoms with Crippen molar-refractivity contribution < 1.29 is 9.51 Å². The number of benzene rings is 2. The summed E-state index contributed by atoms with van der Waals surface area (Å²) in [6.45, 7) is 0. The molecule has 0 unspecified atom stereocenters. The van der Waals surface area contributed by atoms with Gasteiger partial charge in [-0.3, -0.25) is 0 Å². The van der Waals surface area contributed by atoms with Gasteiger partial charge in [0.1, 0.15) is 11.6 Å². The second-order valence-electron chi connectivity index (χ2n) is 5.12. The molecule has 2 heterocycles. The van der Waals surface area contributed by atoms with E-state index in [1.54, 1.807) is 4.40 Å². The minimum absolute atomic E-state index is 0.00865. The summed E-state index contributed by atoms with van der Waals surface area (Å²) < 4.78 is 3.70. The first-order valence-corrected chi connectivity index (χ1v) is 7.19. The molecular formula is C19H14N2O. The maximum Gasteiger partial charge on any atom is 0.291 e. The van der Waals surface area contributed by atoms with Crippen LogP contribution in [0, 0.1) is 0 Å². The van der Waals surface area contributed by atoms with Crippen LogP contribution in [0.25, 0.3) is 22.6 Å². The fraction of sp³-hybridized carbons (Fsp3) is 0. The van der Waals surface area contributed by atoms with Crippen LogP contribution in [-0.4, -0.2) is 4.57 Å². The van der Waals surface area contributed by atoms with E-state index in [0.29, 0.717) is 5.69 Å². The Morgan fingerprint density at radius 1 is 0.727 bits per heavy atom. The Morgan fingerprint density at radius 2 is 1.36 bits per heavy atom. The van der Waals surface area contributed by atoms with E-state index in [-0.39, 0.29) is 5.88 Å². The van der Waals surface area contributed by atoms with Gasteiger partial charge in [0.2, 0.25) is 0 Å². The number of fused-ring (bicyclic) bond motifs is 1. The number of nitrogens with zero attached hydrogens (tertiary/aromatic N) is 2. The largest absolute Gasteiger partial charge is 0.839 e. The molecule has 0 spiro atoms. The van der Waals surface area contributed by atoms with Gasteiger partial charge in [-0.25, -0.2) is 4.40 Å². The van der Waals surface area contributed by atoms with E-state index >= 15 is 0 Å². The summed E-state index contributed by atoms with van der Waals surface area (Å²) >= 11 is 0. The third-order valence-electron chi connectivity index (χ3n) is 3.77. The van der Waals surface area contributed by atoms with Crippen LogP contribution >= 0.6 is 0 Å². The van der Waals surface area contributed by atoms with Crippen molar-refractivity contribution in [3.05, 3.63) is 85.1 Å². The summed E-state index contributed by atoms with van der Waals surface area (Å²) in [6.07, 6.45) is 1.81. The smallest absolute Gasteiger partial charge is 0.291 e. The first-order valence-electron chi connectivity index (χ1n) is 7.19. The molecule has 0 bridgehead atoms. The van der Waals surface area contributed by atoms with E-state index in [9.17, 15) is 5.11 Å². The lowest BCUT2D eigenvalue weighted by molar-refractivity contribution is -0.582. The first kappa shape index (κ1) is 12.7. The second kappa shape index (κ2) is 5.04. The Labute approximate surface area is 128 Å². The summed E-state index contributed by atoms with van der Waals surface area (Å²) in [6, 6.07) is 25.5. The highest BCUT2D eigenvalue weighted by Crippen LogP contribution is 2.30. The summed E-state index contributed by atoms with van der Waals surface area (Å²) in [5, 5.41) is 12.9. The van der Waals surface area contributed by atoms with Crippen molar-refractivity contribution in [2.75, 3.05) is 0 Å². The number of aromatic nitrogens is 2. The Hall–Kier alpha value is -3.07. The van der Waals surface area contributed by atoms with Gasteiger partial charge in [0, 0.05) is 11.6 Å². The maximum absolute atomic E-state index is 12.9. The highest BCUT2D eigenvalue weighted by molar-refractivity contribution is 5.69. The zero-order chi connectivity index (χ0) is 14.9. The molecule has 0 fully saturated rings. The molecule has 0 aliphatic rings. The molecule has 4 aromatic rings. The van der Waals surface area contributed by atoms with Crippen molar-refractivity contribution >= 4 is 5.65 Å². The van der Waals surface area contributed by atoms with Crippen LogP contribution < -0.4 is 9.51 Å². The van der Waals surface area contributed by atoms with Gasteiger partial charge in [0.05, 0.1) is 6.20 Å². The Bertz CT molecular complexity index is 928. The molecule has 2 aromatic heterocycles. The zero-order valence-electron chi connectivity index (χ0n) is 11.9. The fourth-order valence-corrected chi connectivity index (χ4v) is 2.80. The molecule has 0 saturated heterocycles. The molecule has 0 N–H and O–H groups in total. The molecule has 0 radical (unpaired) electrons. The van der Waals surface area contributed by atoms with E-state index in [1.807, 2.05) is 89.6 Å². The lowest BCUT2D eigenvalue weighted by atomic mass is 10.1. The molecule has 2 aromatic carbocycles. The van der Waals surface area contributed by atoms with Crippen LogP contribution in [0.15, 0.2) is 85.1 Å². The molecule has 3 nitrogen and oxygen atoms in total. The van der Waals surface area contributed by atoms with Gasteiger partial charge < -0.3 is 5.11 Å². The van der Waals surface area contributed by atoms with Crippen molar-refractivity contribution in [3.63, 3.8) is 0 Å². The molecule has 0 amide bonds. The van der Waals surface area contributed by atoms with Crippen molar-refractivity contribution in [2.45, 2.75) is 0 Å². The average Bonchev–Trinajstić information content (AvgIpc) is 2.90. The highest BCUT2D eigenvalue weighted by Gasteiger charge is 2.22. The number of imidazole rings is 1. The van der Waals surface area contributed by atoms with E-state index < -0.39 is 0 Å². The van der Waals surface area contributed by atoms with Crippen molar-refractivity contribution in [1.29, 1.82) is 0 Å². The van der Waals surface area contributed by atoms with Crippen LogP contribution in [0.2, 0.25) is 0 Å². The summed E-state index contributed by atoms with van der Waals surface area (Å²) in [5.74, 6) is -0.00865. The minimum Gasteiger partial charge on any atom is -0.839 e. The molecule has 0 aliphatic carbocycles. The Morgan fingerprint density at radius 3 is 2.09 bits per heavy atom. The first-order chi connectivity index (χ1) is 10.9. The zero-order valence-corrected chi connectivity index (χ0v) is 11.9. The normalized spacial score (nSPS) is 10.9. The van der Waals surface area contributed by atoms with Crippen LogP contribution in [0.4, 0.5) is 0 Å². The Balaban J connectivity index is 2.14. The predicted molar refractivity (Wildman–Crippen MR) is 83.8 cm³/mol. The van der Waals surface area contributed by atoms with Crippen LogP contribution in [0.1, 0.15) is 0 Å². The topological polar surface area (TPSA) is 32.1 Å². The third kappa shape index (κ3) is 1.87. The van der Waals surface area contributed by atoms with Gasteiger partial charge >= 0.3 is 0 Å². The lowest BCUT2D eigenvalue weighted by Crippen LogP contribution is -2.23. The second-order valence-corrected chi connectivity index (χ2v) is 5.12. The number of hydrogen-bond donors (Lipinski definition) is 0. The van der Waals surface area contributed by atoms with E-state index in [4.69, 9.17) is 0 Å². The van der Waals surface area contributed by atoms with Crippen molar-refractivity contribution in [1.82, 2.24) is 4.57 Å². The summed E-state index contributed by atoms with van der Waals surface area (Å²) in [7, 11) is 0. The van der Waals surface area contributed by atoms with Gasteiger partial charge in [-0.1, -0.05) is 54.6 Å². The Kier molecular flexibility index (Phi) is 2.90. The van der Waals surface area contributed by atoms with Crippen LogP contribution in [-0.2, 0) is 0 Å². The minimum atomic E-state index is -0.00865. The SMILES string of the molecule is [O-]c1c(-c2ccccc2)n(-c2ccccc2)c2cccc[n+]12. The summed E-state index contributed by atoms with van der Waals surface area (Å²) in [5.41, 5.74) is 3.43. The average molecular weight is 286 g/mol. The van der Waals surface area contributed by atoms with Gasteiger partial charge in [-0.05, 0) is 18.2 Å². The maximum atomic E-state index is 12.9. The molecule has 0 saturated carbocycles. The lowest BCUT2D eigenvalue weighted by Gasteiger charge is -2.06. The standard InChI is InChI=1S/C19H14N2O/c22-19-18(15-9-3-1-4-10-15)21(16-11-5-2-6-12-16)17-13-7-8-14-20(17)19/h1-14H. The molecule has 0 aliphatic heterocycles. The van der Waals surface area contributed by atoms with Gasteiger partial charge in [0.15, 0.2) is 5.69 Å². The van der Waals surface area contributed by atoms with Crippen molar-refractivity contribution in [3.8, 4) is 22.8 Å². The number of para-hydroxylation sites is 1. The van der Waals surface area contributed by atoms with E-state index in [2.05, 4.69) is 0 Å². The molecule has 106 valence electrons. The molecule has 4 rings (SSSR count). The molecular weight excluding hydrogens is 272 g/mol. The fourth-order valence-electron chi connectivity index (χ4n) is 2.80. The molecule has 22 heavy (non-hydrogen) atoms. The van der Waals surface area contributed by atoms with Crippen LogP contribution in [0.5, 0.6) is 5.88 Å². The van der Waals surface area contributed by atoms with Gasteiger partial charge in [-0.15, -0.1) is 0 Å². The predicted octanol–water partition coefficient (Wildman–Crippen LogP) is 2.96. The molecule has 0 atom stereocenters. The molecule has 3 heteroatoms. The number of pyridine rings is 1.